The molecule has 1 aromatic heterocycles. The number of carbonyl (C=O) groups excluding carboxylic acids is 4. The molecule has 3 amide bonds. The van der Waals surface area contributed by atoms with Gasteiger partial charge >= 0.3 is 12.2 Å². The van der Waals surface area contributed by atoms with E-state index in [4.69, 9.17) is 14.2 Å². The van der Waals surface area contributed by atoms with Crippen LogP contribution >= 0.6 is 0 Å². The zero-order valence-electron chi connectivity index (χ0n) is 36.4. The Morgan fingerprint density at radius 2 is 1.56 bits per heavy atom. The van der Waals surface area contributed by atoms with E-state index < -0.39 is 68.7 Å². The van der Waals surface area contributed by atoms with Gasteiger partial charge < -0.3 is 29.7 Å². The van der Waals surface area contributed by atoms with Gasteiger partial charge in [-0.25, -0.2) is 26.8 Å². The third kappa shape index (κ3) is 7.93. The van der Waals surface area contributed by atoms with Crippen molar-refractivity contribution in [3.05, 3.63) is 125 Å². The van der Waals surface area contributed by atoms with Crippen LogP contribution in [-0.2, 0) is 41.1 Å². The number of halogens is 2. The van der Waals surface area contributed by atoms with Gasteiger partial charge in [-0.15, -0.1) is 4.68 Å². The summed E-state index contributed by atoms with van der Waals surface area (Å²) in [4.78, 5) is 58.6. The van der Waals surface area contributed by atoms with Crippen molar-refractivity contribution < 1.29 is 50.6 Å². The third-order valence-electron chi connectivity index (χ3n) is 12.6. The maximum atomic E-state index is 15.0. The fraction of sp³-hybridized carbons (Fsp3) is 0.340. The third-order valence-corrected chi connectivity index (χ3v) is 14.7. The van der Waals surface area contributed by atoms with Gasteiger partial charge in [0.1, 0.15) is 35.0 Å². The van der Waals surface area contributed by atoms with E-state index in [1.807, 2.05) is 53.4 Å². The van der Waals surface area contributed by atoms with E-state index in [2.05, 4.69) is 15.7 Å². The summed E-state index contributed by atoms with van der Waals surface area (Å²) >= 11 is 0. The second-order valence-electron chi connectivity index (χ2n) is 16.9. The molecule has 16 nitrogen and oxygen atoms in total. The highest BCUT2D eigenvalue weighted by atomic mass is 32.2. The van der Waals surface area contributed by atoms with Gasteiger partial charge in [-0.05, 0) is 92.3 Å². The number of benzene rings is 4. The first-order chi connectivity index (χ1) is 31.7. The van der Waals surface area contributed by atoms with Crippen molar-refractivity contribution in [2.45, 2.75) is 62.6 Å². The molecule has 66 heavy (non-hydrogen) atoms. The van der Waals surface area contributed by atoms with Crippen LogP contribution in [0.4, 0.5) is 35.6 Å². The molecule has 4 aliphatic rings. The molecule has 2 fully saturated rings. The van der Waals surface area contributed by atoms with Crippen LogP contribution < -0.4 is 15.5 Å². The van der Waals surface area contributed by atoms with E-state index >= 15 is 0 Å². The minimum atomic E-state index is -4.72. The van der Waals surface area contributed by atoms with Crippen molar-refractivity contribution in [2.75, 3.05) is 61.6 Å². The lowest BCUT2D eigenvalue weighted by atomic mass is 9.98. The number of ether oxygens (including phenoxy) is 3. The van der Waals surface area contributed by atoms with Crippen molar-refractivity contribution in [3.8, 4) is 11.1 Å². The van der Waals surface area contributed by atoms with Crippen LogP contribution in [0.1, 0.15) is 72.3 Å². The number of nitrogens with zero attached hydrogens (tertiary/aromatic N) is 5. The van der Waals surface area contributed by atoms with Crippen molar-refractivity contribution >= 4 is 51.2 Å². The van der Waals surface area contributed by atoms with Crippen LogP contribution in [0.25, 0.3) is 11.1 Å². The molecule has 0 bridgehead atoms. The quantitative estimate of drug-likeness (QED) is 0.147. The van der Waals surface area contributed by atoms with E-state index in [1.54, 1.807) is 19.1 Å². The molecular formula is C47H47F2N7O9S. The average Bonchev–Trinajstić information content (AvgIpc) is 4.08. The van der Waals surface area contributed by atoms with Gasteiger partial charge in [0.05, 0.1) is 42.3 Å². The molecule has 5 aromatic rings. The number of hydrogen-bond donors (Lipinski definition) is 2. The number of likely N-dealkylation sites (tertiary alicyclic amines) is 1. The number of morpholine rings is 1. The van der Waals surface area contributed by atoms with Gasteiger partial charge in [0.15, 0.2) is 0 Å². The largest absolute Gasteiger partial charge is 0.448 e. The summed E-state index contributed by atoms with van der Waals surface area (Å²) in [7, 11) is -4.72. The zero-order valence-corrected chi connectivity index (χ0v) is 37.2. The Bertz CT molecular complexity index is 2840. The first kappa shape index (κ1) is 44.5. The van der Waals surface area contributed by atoms with Gasteiger partial charge in [0.25, 0.3) is 5.91 Å². The predicted octanol–water partition coefficient (Wildman–Crippen LogP) is 7.05. The second-order valence-corrected chi connectivity index (χ2v) is 18.7. The van der Waals surface area contributed by atoms with Crippen LogP contribution in [0, 0.1) is 11.6 Å². The molecule has 2 N–H and O–H groups in total. The molecule has 0 saturated carbocycles. The molecule has 2 saturated heterocycles. The van der Waals surface area contributed by atoms with Crippen molar-refractivity contribution in [1.82, 2.24) is 19.0 Å². The number of amides is 3. The van der Waals surface area contributed by atoms with Crippen LogP contribution in [-0.4, -0.2) is 104 Å². The smallest absolute Gasteiger partial charge is 0.436 e. The zero-order chi connectivity index (χ0) is 46.5. The summed E-state index contributed by atoms with van der Waals surface area (Å²) in [5.74, 6) is -3.93. The summed E-state index contributed by atoms with van der Waals surface area (Å²) in [5, 5.41) is 10.0. The molecular weight excluding hydrogens is 877 g/mol. The standard InChI is InChI=1S/C47H47F2N7O9S/c1-4-64-46(60)56-42(35-26-55(47(2,3)41(35)52-56)66(61,62)40-24-28(48)15-18-37(40)49)51-43(57)34-17-16-29(53-20-22-63-23-21-53)25-38(34)50-44(58)39-14-9-19-54(39)45(59)65-27-36-32-12-7-5-10-30(32)31-11-6-8-13-33(31)36/h5-8,10-13,15-18,24-25,36,39H,4,9,14,19-23,26-27H2,1-3H3,(H,50,58)(H,51,57). The molecule has 1 aliphatic carbocycles. The predicted molar refractivity (Wildman–Crippen MR) is 238 cm³/mol. The highest BCUT2D eigenvalue weighted by Gasteiger charge is 2.50. The number of rotatable bonds is 10. The number of aromatic nitrogens is 2. The van der Waals surface area contributed by atoms with Crippen molar-refractivity contribution in [2.24, 2.45) is 0 Å². The Hall–Kier alpha value is -6.70. The fourth-order valence-electron chi connectivity index (χ4n) is 9.35. The maximum Gasteiger partial charge on any atom is 0.436 e. The first-order valence-electron chi connectivity index (χ1n) is 21.7. The van der Waals surface area contributed by atoms with E-state index in [-0.39, 0.29) is 54.0 Å². The maximum absolute atomic E-state index is 15.0. The number of carbonyl (C=O) groups is 4. The van der Waals surface area contributed by atoms with E-state index in [0.717, 1.165) is 37.3 Å². The fourth-order valence-corrected chi connectivity index (χ4v) is 11.2. The number of sulfonamides is 1. The lowest BCUT2D eigenvalue weighted by Gasteiger charge is -2.30. The molecule has 344 valence electrons. The molecule has 1 unspecified atom stereocenters. The van der Waals surface area contributed by atoms with Crippen LogP contribution in [0.15, 0.2) is 89.8 Å². The molecule has 0 spiro atoms. The van der Waals surface area contributed by atoms with Crippen molar-refractivity contribution in [3.63, 3.8) is 0 Å². The number of nitrogens with one attached hydrogen (secondary N) is 2. The lowest BCUT2D eigenvalue weighted by Crippen LogP contribution is -2.44. The summed E-state index contributed by atoms with van der Waals surface area (Å²) in [5.41, 5.74) is 3.60. The summed E-state index contributed by atoms with van der Waals surface area (Å²) < 4.78 is 75.6. The minimum absolute atomic E-state index is 0.0417. The normalized spacial score (nSPS) is 17.8. The van der Waals surface area contributed by atoms with Gasteiger partial charge in [-0.1, -0.05) is 48.5 Å². The molecule has 9 rings (SSSR count). The summed E-state index contributed by atoms with van der Waals surface area (Å²) in [6.45, 7) is 6.30. The topological polar surface area (TPSA) is 182 Å². The molecule has 0 radical (unpaired) electrons. The summed E-state index contributed by atoms with van der Waals surface area (Å²) in [6, 6.07) is 22.0. The van der Waals surface area contributed by atoms with Crippen LogP contribution in [0.3, 0.4) is 0 Å². The number of hydrogen-bond acceptors (Lipinski definition) is 11. The highest BCUT2D eigenvalue weighted by molar-refractivity contribution is 7.89. The van der Waals surface area contributed by atoms with Crippen LogP contribution in [0.2, 0.25) is 0 Å². The molecule has 4 heterocycles. The monoisotopic (exact) mass is 923 g/mol. The van der Waals surface area contributed by atoms with Crippen LogP contribution in [0.5, 0.6) is 0 Å². The number of fused-ring (bicyclic) bond motifs is 4. The van der Waals surface area contributed by atoms with Crippen molar-refractivity contribution in [1.29, 1.82) is 0 Å². The Balaban J connectivity index is 0.993. The van der Waals surface area contributed by atoms with Gasteiger partial charge in [0, 0.05) is 43.3 Å². The Morgan fingerprint density at radius 1 is 0.864 bits per heavy atom. The molecule has 4 aromatic carbocycles. The van der Waals surface area contributed by atoms with Gasteiger partial charge in [-0.3, -0.25) is 14.5 Å². The Morgan fingerprint density at radius 3 is 2.26 bits per heavy atom. The molecule has 3 aliphatic heterocycles. The average molecular weight is 924 g/mol. The second kappa shape index (κ2) is 17.6. The van der Waals surface area contributed by atoms with E-state index in [0.29, 0.717) is 57.0 Å². The Labute approximate surface area is 379 Å². The molecule has 1 atom stereocenters. The van der Waals surface area contributed by atoms with E-state index in [1.165, 1.54) is 24.8 Å². The molecule has 19 heteroatoms. The first-order valence-corrected chi connectivity index (χ1v) is 23.1. The van der Waals surface area contributed by atoms with Gasteiger partial charge in [-0.2, -0.15) is 9.40 Å². The lowest BCUT2D eigenvalue weighted by molar-refractivity contribution is -0.120. The number of anilines is 3. The van der Waals surface area contributed by atoms with Gasteiger partial charge in [0.2, 0.25) is 15.9 Å². The summed E-state index contributed by atoms with van der Waals surface area (Å²) in [6.07, 6.45) is -0.758. The van der Waals surface area contributed by atoms with E-state index in [9.17, 15) is 36.4 Å². The Kier molecular flexibility index (Phi) is 11.9. The SMILES string of the molecule is CCOC(=O)n1nc2c(c1NC(=O)c1ccc(N3CCOCC3)cc1NC(=O)C1CCCN1C(=O)OCC1c3ccccc3-c3ccccc31)CN(S(=O)(=O)c1cc(F)ccc1F)C2(C)C. The highest BCUT2D eigenvalue weighted by Crippen LogP contribution is 2.46. The minimum Gasteiger partial charge on any atom is -0.448 e.